The van der Waals surface area contributed by atoms with Crippen LogP contribution in [0.4, 0.5) is 14.6 Å². The van der Waals surface area contributed by atoms with Crippen molar-refractivity contribution in [1.29, 1.82) is 0 Å². The number of hydrogen-bond acceptors (Lipinski definition) is 6. The monoisotopic (exact) mass is 493 g/mol. The predicted octanol–water partition coefficient (Wildman–Crippen LogP) is 4.79. The fraction of sp³-hybridized carbons (Fsp3) is 0.481. The Morgan fingerprint density at radius 2 is 1.72 bits per heavy atom. The van der Waals surface area contributed by atoms with Crippen LogP contribution in [-0.4, -0.2) is 42.9 Å². The topological polar surface area (TPSA) is 84.1 Å². The number of rotatable bonds is 5. The van der Waals surface area contributed by atoms with E-state index in [-0.39, 0.29) is 42.0 Å². The first-order valence-electron chi connectivity index (χ1n) is 12.6. The van der Waals surface area contributed by atoms with Gasteiger partial charge in [0.15, 0.2) is 11.6 Å². The van der Waals surface area contributed by atoms with E-state index in [1.165, 1.54) is 10.6 Å². The summed E-state index contributed by atoms with van der Waals surface area (Å²) in [5.74, 6) is -1.43. The van der Waals surface area contributed by atoms with Crippen molar-refractivity contribution in [3.63, 3.8) is 0 Å². The molecule has 3 atom stereocenters. The number of hydrogen-bond donors (Lipinski definition) is 1. The molecule has 1 aromatic carbocycles. The molecule has 2 aromatic heterocycles. The number of aromatic nitrogens is 4. The molecule has 3 saturated carbocycles. The minimum atomic E-state index is -2.53. The zero-order valence-corrected chi connectivity index (χ0v) is 20.1. The Morgan fingerprint density at radius 1 is 1.00 bits per heavy atom. The van der Waals surface area contributed by atoms with Crippen LogP contribution in [0.1, 0.15) is 44.9 Å². The van der Waals surface area contributed by atoms with Crippen LogP contribution in [0.3, 0.4) is 0 Å². The van der Waals surface area contributed by atoms with Crippen LogP contribution in [0.2, 0.25) is 0 Å². The molecule has 3 aliphatic carbocycles. The second-order valence-corrected chi connectivity index (χ2v) is 10.7. The highest BCUT2D eigenvalue weighted by atomic mass is 19.3. The second kappa shape index (κ2) is 8.64. The summed E-state index contributed by atoms with van der Waals surface area (Å²) < 4.78 is 29.6. The van der Waals surface area contributed by atoms with E-state index in [1.807, 2.05) is 12.1 Å². The zero-order chi connectivity index (χ0) is 25.0. The molecule has 0 aliphatic heterocycles. The molecule has 1 unspecified atom stereocenters. The van der Waals surface area contributed by atoms with Crippen molar-refractivity contribution < 1.29 is 13.9 Å². The Labute approximate surface area is 207 Å². The molecule has 0 amide bonds. The maximum Gasteiger partial charge on any atom is 0.250 e. The number of halogens is 2. The quantitative estimate of drug-likeness (QED) is 0.550. The van der Waals surface area contributed by atoms with Crippen molar-refractivity contribution in [2.75, 3.05) is 4.90 Å². The number of aromatic hydroxyl groups is 1. The smallest absolute Gasteiger partial charge is 0.250 e. The molecule has 3 aromatic rings. The summed E-state index contributed by atoms with van der Waals surface area (Å²) in [5, 5.41) is 19.5. The summed E-state index contributed by atoms with van der Waals surface area (Å²) >= 11 is 0. The van der Waals surface area contributed by atoms with Gasteiger partial charge in [-0.15, -0.1) is 10.2 Å². The minimum Gasteiger partial charge on any atom is -0.507 e. The van der Waals surface area contributed by atoms with Gasteiger partial charge in [-0.25, -0.2) is 13.8 Å². The number of nitrogens with zero attached hydrogens (tertiary/aromatic N) is 5. The van der Waals surface area contributed by atoms with Gasteiger partial charge in [-0.1, -0.05) is 6.07 Å². The summed E-state index contributed by atoms with van der Waals surface area (Å²) in [4.78, 5) is 18.7. The normalized spacial score (nSPS) is 24.9. The highest BCUT2D eigenvalue weighted by Gasteiger charge is 2.48. The van der Waals surface area contributed by atoms with Crippen LogP contribution in [-0.2, 0) is 7.05 Å². The Balaban J connectivity index is 1.23. The Kier molecular flexibility index (Phi) is 5.53. The number of benzene rings is 1. The standard InChI is InChI=1S/C27H29F2N5O2/c1-33-7-6-19(12-25(33)36)18-2-5-22(23(35)11-18)26-30-15-24(31-32-26)34(20-3-4-20)21-9-16-8-17(10-21)14-27(28,29)13-16/h2,5-7,11-12,15-17,20-21,35H,3-4,8-10,13-14H2,1H3/t16-,17+,21?. The van der Waals surface area contributed by atoms with Crippen molar-refractivity contribution in [3.05, 3.63) is 53.1 Å². The predicted molar refractivity (Wildman–Crippen MR) is 132 cm³/mol. The van der Waals surface area contributed by atoms with Gasteiger partial charge in [0.2, 0.25) is 5.92 Å². The van der Waals surface area contributed by atoms with Crippen molar-refractivity contribution >= 4 is 5.82 Å². The van der Waals surface area contributed by atoms with E-state index < -0.39 is 5.92 Å². The molecule has 0 spiro atoms. The van der Waals surface area contributed by atoms with E-state index >= 15 is 0 Å². The summed E-state index contributed by atoms with van der Waals surface area (Å²) in [7, 11) is 1.68. The molecule has 2 heterocycles. The third-order valence-corrected chi connectivity index (χ3v) is 7.88. The van der Waals surface area contributed by atoms with Crippen LogP contribution in [0.25, 0.3) is 22.5 Å². The van der Waals surface area contributed by atoms with Crippen LogP contribution >= 0.6 is 0 Å². The first kappa shape index (κ1) is 23.1. The van der Waals surface area contributed by atoms with Gasteiger partial charge in [0.1, 0.15) is 5.75 Å². The molecule has 6 rings (SSSR count). The number of fused-ring (bicyclic) bond motifs is 2. The average Bonchev–Trinajstić information content (AvgIpc) is 3.65. The van der Waals surface area contributed by atoms with Gasteiger partial charge >= 0.3 is 0 Å². The Morgan fingerprint density at radius 3 is 2.33 bits per heavy atom. The molecular weight excluding hydrogens is 464 g/mol. The largest absolute Gasteiger partial charge is 0.507 e. The summed E-state index contributed by atoms with van der Waals surface area (Å²) in [6, 6.07) is 9.01. The van der Waals surface area contributed by atoms with Crippen LogP contribution in [0.15, 0.2) is 47.5 Å². The van der Waals surface area contributed by atoms with Gasteiger partial charge in [0, 0.05) is 44.2 Å². The van der Waals surface area contributed by atoms with Gasteiger partial charge in [0.25, 0.3) is 5.56 Å². The molecule has 2 bridgehead atoms. The SMILES string of the molecule is Cn1ccc(-c2ccc(-c3ncc(N(C4CC4)C4C[C@@H]5C[C@H](C4)CC(F)(F)C5)nn3)c(O)c2)cc1=O. The van der Waals surface area contributed by atoms with Gasteiger partial charge in [0.05, 0.1) is 11.8 Å². The van der Waals surface area contributed by atoms with Gasteiger partial charge in [-0.05, 0) is 73.3 Å². The molecule has 3 fully saturated rings. The number of pyridine rings is 1. The lowest BCUT2D eigenvalue weighted by Gasteiger charge is -2.46. The third kappa shape index (κ3) is 4.47. The van der Waals surface area contributed by atoms with Crippen molar-refractivity contribution in [3.8, 4) is 28.3 Å². The molecule has 3 aliphatic rings. The average molecular weight is 494 g/mol. The minimum absolute atomic E-state index is 0.00260. The van der Waals surface area contributed by atoms with Crippen molar-refractivity contribution in [2.24, 2.45) is 18.9 Å². The molecular formula is C27H29F2N5O2. The maximum absolute atomic E-state index is 14.1. The molecule has 1 N–H and O–H groups in total. The van der Waals surface area contributed by atoms with Crippen LogP contribution in [0.5, 0.6) is 5.75 Å². The fourth-order valence-electron chi connectivity index (χ4n) is 6.18. The van der Waals surface area contributed by atoms with E-state index in [0.717, 1.165) is 32.1 Å². The van der Waals surface area contributed by atoms with E-state index in [0.29, 0.717) is 34.4 Å². The fourth-order valence-corrected chi connectivity index (χ4v) is 6.18. The van der Waals surface area contributed by atoms with Crippen molar-refractivity contribution in [2.45, 2.75) is 63.0 Å². The Hall–Kier alpha value is -3.36. The highest BCUT2D eigenvalue weighted by Crippen LogP contribution is 2.49. The van der Waals surface area contributed by atoms with Crippen molar-refractivity contribution in [1.82, 2.24) is 19.7 Å². The van der Waals surface area contributed by atoms with E-state index in [1.54, 1.807) is 31.6 Å². The van der Waals surface area contributed by atoms with Gasteiger partial charge in [-0.2, -0.15) is 0 Å². The van der Waals surface area contributed by atoms with Crippen LogP contribution in [0, 0.1) is 11.8 Å². The molecule has 0 saturated heterocycles. The first-order valence-corrected chi connectivity index (χ1v) is 12.6. The molecule has 0 radical (unpaired) electrons. The summed E-state index contributed by atoms with van der Waals surface area (Å²) in [5.41, 5.74) is 1.75. The summed E-state index contributed by atoms with van der Waals surface area (Å²) in [6.45, 7) is 0. The molecule has 36 heavy (non-hydrogen) atoms. The van der Waals surface area contributed by atoms with Crippen LogP contribution < -0.4 is 10.5 Å². The first-order chi connectivity index (χ1) is 17.3. The highest BCUT2D eigenvalue weighted by molar-refractivity contribution is 5.72. The third-order valence-electron chi connectivity index (χ3n) is 7.88. The van der Waals surface area contributed by atoms with E-state index in [9.17, 15) is 18.7 Å². The lowest BCUT2D eigenvalue weighted by Crippen LogP contribution is -2.47. The molecule has 188 valence electrons. The second-order valence-electron chi connectivity index (χ2n) is 10.7. The zero-order valence-electron chi connectivity index (χ0n) is 20.1. The lowest BCUT2D eigenvalue weighted by molar-refractivity contribution is -0.0868. The number of phenols is 1. The lowest BCUT2D eigenvalue weighted by atomic mass is 9.68. The Bertz CT molecular complexity index is 1320. The van der Waals surface area contributed by atoms with Gasteiger partial charge < -0.3 is 14.6 Å². The molecule has 9 heteroatoms. The maximum atomic E-state index is 14.1. The molecule has 7 nitrogen and oxygen atoms in total. The number of phenolic OH excluding ortho intramolecular Hbond substituents is 1. The number of aryl methyl sites for hydroxylation is 1. The number of anilines is 1. The van der Waals surface area contributed by atoms with E-state index in [4.69, 9.17) is 0 Å². The number of alkyl halides is 2. The van der Waals surface area contributed by atoms with Gasteiger partial charge in [-0.3, -0.25) is 4.79 Å². The summed E-state index contributed by atoms with van der Waals surface area (Å²) in [6.07, 6.45) is 7.92. The van der Waals surface area contributed by atoms with E-state index in [2.05, 4.69) is 20.1 Å².